The number of aliphatic carboxylic acids is 1. The molecule has 2 atom stereocenters. The summed E-state index contributed by atoms with van der Waals surface area (Å²) in [5, 5.41) is 9.39. The molecule has 0 aromatic heterocycles. The number of thioether (sulfide) groups is 2. The maximum atomic E-state index is 12.9. The van der Waals surface area contributed by atoms with E-state index in [2.05, 4.69) is 24.3 Å². The third-order valence-corrected chi connectivity index (χ3v) is 7.49. The summed E-state index contributed by atoms with van der Waals surface area (Å²) < 4.78 is 5.72. The lowest BCUT2D eigenvalue weighted by atomic mass is 9.98. The van der Waals surface area contributed by atoms with Gasteiger partial charge in [0.15, 0.2) is 0 Å². The highest BCUT2D eigenvalue weighted by atomic mass is 32.2. The molecule has 152 valence electrons. The first-order valence-electron chi connectivity index (χ1n) is 9.58. The van der Waals surface area contributed by atoms with Crippen molar-refractivity contribution in [2.75, 3.05) is 24.4 Å². The van der Waals surface area contributed by atoms with Crippen molar-refractivity contribution in [2.45, 2.75) is 23.8 Å². The van der Waals surface area contributed by atoms with Gasteiger partial charge >= 0.3 is 12.1 Å². The summed E-state index contributed by atoms with van der Waals surface area (Å²) in [4.78, 5) is 26.0. The molecule has 1 fully saturated rings. The van der Waals surface area contributed by atoms with E-state index in [0.717, 1.165) is 23.3 Å². The van der Waals surface area contributed by atoms with Gasteiger partial charge in [0.1, 0.15) is 12.6 Å². The van der Waals surface area contributed by atoms with Gasteiger partial charge in [-0.15, -0.1) is 11.8 Å². The Morgan fingerprint density at radius 1 is 1.14 bits per heavy atom. The monoisotopic (exact) mass is 429 g/mol. The van der Waals surface area contributed by atoms with Crippen molar-refractivity contribution >= 4 is 35.6 Å². The maximum Gasteiger partial charge on any atom is 0.411 e. The lowest BCUT2D eigenvalue weighted by molar-refractivity contribution is -0.141. The first-order chi connectivity index (χ1) is 14.1. The fraction of sp³-hybridized carbons (Fsp3) is 0.364. The molecule has 0 radical (unpaired) electrons. The largest absolute Gasteiger partial charge is 0.480 e. The summed E-state index contributed by atoms with van der Waals surface area (Å²) in [6.07, 6.45) is 2.22. The van der Waals surface area contributed by atoms with Crippen molar-refractivity contribution in [1.82, 2.24) is 4.90 Å². The van der Waals surface area contributed by atoms with Crippen molar-refractivity contribution in [1.29, 1.82) is 0 Å². The lowest BCUT2D eigenvalue weighted by Crippen LogP contribution is -2.46. The minimum absolute atomic E-state index is 0.0328. The van der Waals surface area contributed by atoms with Gasteiger partial charge in [-0.3, -0.25) is 4.90 Å². The van der Waals surface area contributed by atoms with E-state index in [0.29, 0.717) is 5.75 Å². The molecule has 1 amide bonds. The van der Waals surface area contributed by atoms with Crippen LogP contribution in [0, 0.1) is 0 Å². The van der Waals surface area contributed by atoms with E-state index >= 15 is 0 Å². The molecule has 4 rings (SSSR count). The highest BCUT2D eigenvalue weighted by Crippen LogP contribution is 2.44. The molecule has 29 heavy (non-hydrogen) atoms. The summed E-state index contributed by atoms with van der Waals surface area (Å²) in [6.45, 7) is 0.204. The molecule has 1 aliphatic carbocycles. The number of benzene rings is 2. The van der Waals surface area contributed by atoms with Gasteiger partial charge in [-0.25, -0.2) is 9.59 Å². The molecule has 1 heterocycles. The first kappa shape index (κ1) is 20.2. The van der Waals surface area contributed by atoms with Crippen LogP contribution in [0.4, 0.5) is 4.79 Å². The minimum Gasteiger partial charge on any atom is -0.480 e. The normalized spacial score (nSPS) is 20.4. The zero-order chi connectivity index (χ0) is 20.4. The smallest absolute Gasteiger partial charge is 0.411 e. The van der Waals surface area contributed by atoms with E-state index in [1.165, 1.54) is 27.8 Å². The quantitative estimate of drug-likeness (QED) is 0.728. The van der Waals surface area contributed by atoms with Crippen LogP contribution in [0.5, 0.6) is 0 Å². The van der Waals surface area contributed by atoms with Crippen molar-refractivity contribution in [3.05, 3.63) is 59.7 Å². The molecule has 0 bridgehead atoms. The van der Waals surface area contributed by atoms with Gasteiger partial charge in [-0.05, 0) is 40.7 Å². The van der Waals surface area contributed by atoms with Gasteiger partial charge in [0.05, 0.1) is 5.37 Å². The second-order valence-electron chi connectivity index (χ2n) is 7.13. The second-order valence-corrected chi connectivity index (χ2v) is 9.33. The Hall–Kier alpha value is -2.12. The molecule has 2 aromatic carbocycles. The van der Waals surface area contributed by atoms with Crippen molar-refractivity contribution in [3.63, 3.8) is 0 Å². The molecule has 0 saturated carbocycles. The van der Waals surface area contributed by atoms with E-state index in [1.807, 2.05) is 30.5 Å². The minimum atomic E-state index is -0.974. The number of fused-ring (bicyclic) bond motifs is 3. The fourth-order valence-electron chi connectivity index (χ4n) is 4.11. The Bertz CT molecular complexity index is 874. The highest BCUT2D eigenvalue weighted by molar-refractivity contribution is 8.00. The molecular formula is C22H23NO4S2. The first-order valence-corrected chi connectivity index (χ1v) is 12.0. The summed E-state index contributed by atoms with van der Waals surface area (Å²) in [7, 11) is 0. The average Bonchev–Trinajstić information content (AvgIpc) is 3.30. The van der Waals surface area contributed by atoms with Crippen LogP contribution < -0.4 is 0 Å². The van der Waals surface area contributed by atoms with Gasteiger partial charge in [0.2, 0.25) is 0 Å². The summed E-state index contributed by atoms with van der Waals surface area (Å²) in [6, 6.07) is 15.5. The van der Waals surface area contributed by atoms with Crippen LogP contribution in [-0.2, 0) is 9.53 Å². The standard InChI is InChI=1S/C22H23NO4S2/c1-28-11-10-20-23(19(13-29-20)21(24)25)22(26)27-12-18-16-8-4-2-6-14(16)15-7-3-5-9-17(15)18/h2-9,18-20H,10-13H2,1H3,(H,24,25). The number of rotatable bonds is 6. The van der Waals surface area contributed by atoms with Crippen molar-refractivity contribution in [3.8, 4) is 11.1 Å². The number of hydrogen-bond donors (Lipinski definition) is 1. The van der Waals surface area contributed by atoms with Gasteiger partial charge < -0.3 is 9.84 Å². The Morgan fingerprint density at radius 3 is 2.34 bits per heavy atom. The molecule has 5 nitrogen and oxygen atoms in total. The zero-order valence-electron chi connectivity index (χ0n) is 16.1. The number of carboxylic acids is 1. The van der Waals surface area contributed by atoms with Gasteiger partial charge in [0.25, 0.3) is 0 Å². The molecule has 0 spiro atoms. The lowest BCUT2D eigenvalue weighted by Gasteiger charge is -2.27. The van der Waals surface area contributed by atoms with E-state index < -0.39 is 18.1 Å². The number of ether oxygens (including phenoxy) is 1. The van der Waals surface area contributed by atoms with Crippen LogP contribution in [0.3, 0.4) is 0 Å². The van der Waals surface area contributed by atoms with Gasteiger partial charge in [0, 0.05) is 11.7 Å². The summed E-state index contributed by atoms with van der Waals surface area (Å²) in [5.74, 6) is 0.266. The molecule has 1 N–H and O–H groups in total. The predicted octanol–water partition coefficient (Wildman–Crippen LogP) is 4.52. The Labute approximate surface area is 178 Å². The van der Waals surface area contributed by atoms with Crippen LogP contribution in [0.1, 0.15) is 23.5 Å². The Kier molecular flexibility index (Phi) is 6.06. The van der Waals surface area contributed by atoms with E-state index in [-0.39, 0.29) is 17.9 Å². The molecule has 1 saturated heterocycles. The Morgan fingerprint density at radius 2 is 1.76 bits per heavy atom. The molecule has 2 aromatic rings. The number of nitrogens with zero attached hydrogens (tertiary/aromatic N) is 1. The number of amides is 1. The second kappa shape index (κ2) is 8.71. The van der Waals surface area contributed by atoms with E-state index in [9.17, 15) is 14.7 Å². The molecule has 2 aliphatic rings. The predicted molar refractivity (Wildman–Crippen MR) is 118 cm³/mol. The number of carbonyl (C=O) groups excluding carboxylic acids is 1. The third-order valence-electron chi connectivity index (χ3n) is 5.49. The van der Waals surface area contributed by atoms with Crippen LogP contribution >= 0.6 is 23.5 Å². The van der Waals surface area contributed by atoms with E-state index in [1.54, 1.807) is 11.8 Å². The zero-order valence-corrected chi connectivity index (χ0v) is 17.7. The van der Waals surface area contributed by atoms with Crippen LogP contribution in [0.25, 0.3) is 11.1 Å². The summed E-state index contributed by atoms with van der Waals surface area (Å²) in [5.41, 5.74) is 4.63. The molecular weight excluding hydrogens is 406 g/mol. The maximum absolute atomic E-state index is 12.9. The number of carbonyl (C=O) groups is 2. The fourth-order valence-corrected chi connectivity index (χ4v) is 6.10. The van der Waals surface area contributed by atoms with Crippen LogP contribution in [-0.4, -0.2) is 57.9 Å². The molecule has 7 heteroatoms. The van der Waals surface area contributed by atoms with Crippen molar-refractivity contribution in [2.24, 2.45) is 0 Å². The van der Waals surface area contributed by atoms with Crippen molar-refractivity contribution < 1.29 is 19.4 Å². The SMILES string of the molecule is CSCCC1SCC(C(=O)O)N1C(=O)OCC1c2ccccc2-c2ccccc21. The third kappa shape index (κ3) is 3.85. The molecule has 1 aliphatic heterocycles. The average molecular weight is 430 g/mol. The number of hydrogen-bond acceptors (Lipinski definition) is 5. The Balaban J connectivity index is 1.52. The summed E-state index contributed by atoms with van der Waals surface area (Å²) >= 11 is 3.21. The van der Waals surface area contributed by atoms with Crippen LogP contribution in [0.2, 0.25) is 0 Å². The van der Waals surface area contributed by atoms with Gasteiger partial charge in [-0.1, -0.05) is 48.5 Å². The van der Waals surface area contributed by atoms with Gasteiger partial charge in [-0.2, -0.15) is 11.8 Å². The molecule has 2 unspecified atom stereocenters. The topological polar surface area (TPSA) is 66.8 Å². The van der Waals surface area contributed by atoms with Crippen LogP contribution in [0.15, 0.2) is 48.5 Å². The van der Waals surface area contributed by atoms with E-state index in [4.69, 9.17) is 4.74 Å². The number of carboxylic acid groups (broad SMARTS) is 1. The highest BCUT2D eigenvalue weighted by Gasteiger charge is 2.42.